The Morgan fingerprint density at radius 3 is 2.50 bits per heavy atom. The first-order chi connectivity index (χ1) is 6.57. The number of hydrogen-bond donors (Lipinski definition) is 1. The van der Waals surface area contributed by atoms with Gasteiger partial charge < -0.3 is 9.84 Å². The van der Waals surface area contributed by atoms with Crippen molar-refractivity contribution in [3.8, 4) is 0 Å². The molecule has 0 radical (unpaired) electrons. The van der Waals surface area contributed by atoms with Crippen LogP contribution in [-0.4, -0.2) is 28.1 Å². The number of hydrogen-bond acceptors (Lipinski definition) is 3. The molecule has 2 atom stereocenters. The van der Waals surface area contributed by atoms with E-state index in [1.54, 1.807) is 24.1 Å². The molecule has 2 unspecified atom stereocenters. The molecule has 0 saturated heterocycles. The van der Waals surface area contributed by atoms with E-state index in [1.165, 1.54) is 0 Å². The van der Waals surface area contributed by atoms with Gasteiger partial charge in [0.1, 0.15) is 6.10 Å². The van der Waals surface area contributed by atoms with Gasteiger partial charge in [-0.3, -0.25) is 4.68 Å². The van der Waals surface area contributed by atoms with E-state index < -0.39 is 6.10 Å². The van der Waals surface area contributed by atoms with E-state index in [-0.39, 0.29) is 12.0 Å². The summed E-state index contributed by atoms with van der Waals surface area (Å²) in [5, 5.41) is 14.0. The van der Waals surface area contributed by atoms with Gasteiger partial charge in [-0.15, -0.1) is 0 Å². The van der Waals surface area contributed by atoms with E-state index >= 15 is 0 Å². The van der Waals surface area contributed by atoms with Gasteiger partial charge in [0.2, 0.25) is 0 Å². The van der Waals surface area contributed by atoms with Crippen molar-refractivity contribution in [2.75, 3.05) is 7.11 Å². The number of aryl methyl sites for hydroxylation is 1. The maximum atomic E-state index is 10.0. The van der Waals surface area contributed by atoms with E-state index in [1.807, 2.05) is 20.9 Å². The molecule has 0 aliphatic heterocycles. The zero-order valence-electron chi connectivity index (χ0n) is 9.14. The van der Waals surface area contributed by atoms with Crippen molar-refractivity contribution in [2.45, 2.75) is 26.1 Å². The first-order valence-electron chi connectivity index (χ1n) is 4.76. The zero-order chi connectivity index (χ0) is 10.7. The molecule has 1 rings (SSSR count). The van der Waals surface area contributed by atoms with E-state index in [2.05, 4.69) is 5.10 Å². The average Bonchev–Trinajstić information content (AvgIpc) is 2.51. The lowest BCUT2D eigenvalue weighted by atomic mass is 9.99. The Morgan fingerprint density at radius 2 is 2.14 bits per heavy atom. The molecule has 4 nitrogen and oxygen atoms in total. The van der Waals surface area contributed by atoms with Gasteiger partial charge in [0.05, 0.1) is 11.8 Å². The highest BCUT2D eigenvalue weighted by Gasteiger charge is 2.25. The standard InChI is InChI=1S/C10H18N2O2/c1-7(2)10(14-4)9(13)8-5-6-11-12(8)3/h5-7,9-10,13H,1-4H3. The number of methoxy groups -OCH3 is 1. The average molecular weight is 198 g/mol. The van der Waals surface area contributed by atoms with Crippen molar-refractivity contribution in [2.24, 2.45) is 13.0 Å². The molecular formula is C10H18N2O2. The summed E-state index contributed by atoms with van der Waals surface area (Å²) >= 11 is 0. The summed E-state index contributed by atoms with van der Waals surface area (Å²) < 4.78 is 6.93. The minimum Gasteiger partial charge on any atom is -0.384 e. The fourth-order valence-electron chi connectivity index (χ4n) is 1.61. The quantitative estimate of drug-likeness (QED) is 0.788. The summed E-state index contributed by atoms with van der Waals surface area (Å²) in [5.74, 6) is 0.268. The lowest BCUT2D eigenvalue weighted by molar-refractivity contribution is -0.0424. The Labute approximate surface area is 84.5 Å². The molecule has 0 spiro atoms. The smallest absolute Gasteiger partial charge is 0.122 e. The van der Waals surface area contributed by atoms with Gasteiger partial charge in [-0.2, -0.15) is 5.10 Å². The van der Waals surface area contributed by atoms with Crippen molar-refractivity contribution in [1.82, 2.24) is 9.78 Å². The molecule has 0 aromatic carbocycles. The first kappa shape index (κ1) is 11.2. The SMILES string of the molecule is COC(C(C)C)C(O)c1ccnn1C. The van der Waals surface area contributed by atoms with Gasteiger partial charge >= 0.3 is 0 Å². The molecule has 0 fully saturated rings. The second-order valence-electron chi connectivity index (χ2n) is 3.77. The molecule has 4 heteroatoms. The van der Waals surface area contributed by atoms with E-state index in [4.69, 9.17) is 4.74 Å². The van der Waals surface area contributed by atoms with Crippen LogP contribution in [0.5, 0.6) is 0 Å². The Kier molecular flexibility index (Phi) is 3.66. The van der Waals surface area contributed by atoms with Gasteiger partial charge in [-0.1, -0.05) is 13.8 Å². The third-order valence-electron chi connectivity index (χ3n) is 2.40. The van der Waals surface area contributed by atoms with Crippen LogP contribution in [-0.2, 0) is 11.8 Å². The Bertz CT molecular complexity index is 283. The summed E-state index contributed by atoms with van der Waals surface area (Å²) in [5.41, 5.74) is 0.783. The summed E-state index contributed by atoms with van der Waals surface area (Å²) in [7, 11) is 3.43. The number of aliphatic hydroxyl groups excluding tert-OH is 1. The fraction of sp³-hybridized carbons (Fsp3) is 0.700. The van der Waals surface area contributed by atoms with Gasteiger partial charge in [-0.25, -0.2) is 0 Å². The van der Waals surface area contributed by atoms with Crippen LogP contribution >= 0.6 is 0 Å². The largest absolute Gasteiger partial charge is 0.384 e. The van der Waals surface area contributed by atoms with Crippen molar-refractivity contribution >= 4 is 0 Å². The molecule has 1 aromatic rings. The molecule has 1 aromatic heterocycles. The van der Waals surface area contributed by atoms with E-state index in [9.17, 15) is 5.11 Å². The molecule has 0 saturated carbocycles. The molecule has 14 heavy (non-hydrogen) atoms. The van der Waals surface area contributed by atoms with Gasteiger partial charge in [0.15, 0.2) is 0 Å². The minimum atomic E-state index is -0.618. The molecule has 0 bridgehead atoms. The van der Waals surface area contributed by atoms with E-state index in [0.29, 0.717) is 0 Å². The number of aromatic nitrogens is 2. The summed E-state index contributed by atoms with van der Waals surface area (Å²) in [4.78, 5) is 0. The maximum absolute atomic E-state index is 10.0. The van der Waals surface area contributed by atoms with Crippen LogP contribution in [0.15, 0.2) is 12.3 Å². The highest BCUT2D eigenvalue weighted by molar-refractivity contribution is 5.06. The van der Waals surface area contributed by atoms with E-state index in [0.717, 1.165) is 5.69 Å². The van der Waals surface area contributed by atoms with Crippen LogP contribution in [0, 0.1) is 5.92 Å². The molecule has 0 aliphatic carbocycles. The van der Waals surface area contributed by atoms with Crippen molar-refractivity contribution in [3.05, 3.63) is 18.0 Å². The van der Waals surface area contributed by atoms with Crippen molar-refractivity contribution in [1.29, 1.82) is 0 Å². The summed E-state index contributed by atoms with van der Waals surface area (Å²) in [6, 6.07) is 1.80. The molecule has 1 heterocycles. The first-order valence-corrected chi connectivity index (χ1v) is 4.76. The predicted molar refractivity (Wildman–Crippen MR) is 53.8 cm³/mol. The van der Waals surface area contributed by atoms with Crippen LogP contribution < -0.4 is 0 Å². The van der Waals surface area contributed by atoms with Crippen molar-refractivity contribution in [3.63, 3.8) is 0 Å². The van der Waals surface area contributed by atoms with Crippen LogP contribution in [0.2, 0.25) is 0 Å². The Morgan fingerprint density at radius 1 is 1.50 bits per heavy atom. The molecule has 80 valence electrons. The molecule has 1 N–H and O–H groups in total. The number of nitrogens with zero attached hydrogens (tertiary/aromatic N) is 2. The van der Waals surface area contributed by atoms with Crippen LogP contribution in [0.4, 0.5) is 0 Å². The zero-order valence-corrected chi connectivity index (χ0v) is 9.14. The number of aliphatic hydroxyl groups is 1. The van der Waals surface area contributed by atoms with Crippen molar-refractivity contribution < 1.29 is 9.84 Å². The van der Waals surface area contributed by atoms with Crippen LogP contribution in [0.1, 0.15) is 25.6 Å². The number of ether oxygens (including phenoxy) is 1. The number of rotatable bonds is 4. The van der Waals surface area contributed by atoms with Gasteiger partial charge in [-0.05, 0) is 12.0 Å². The normalized spacial score (nSPS) is 15.9. The summed E-state index contributed by atoms with van der Waals surface area (Å²) in [6.07, 6.45) is 0.865. The molecule has 0 aliphatic rings. The predicted octanol–water partition coefficient (Wildman–Crippen LogP) is 1.12. The highest BCUT2D eigenvalue weighted by Crippen LogP contribution is 2.23. The van der Waals surface area contributed by atoms with Gasteiger partial charge in [0, 0.05) is 20.4 Å². The topological polar surface area (TPSA) is 47.3 Å². The maximum Gasteiger partial charge on any atom is 0.122 e. The second-order valence-corrected chi connectivity index (χ2v) is 3.77. The van der Waals surface area contributed by atoms with Crippen LogP contribution in [0.25, 0.3) is 0 Å². The third-order valence-corrected chi connectivity index (χ3v) is 2.40. The van der Waals surface area contributed by atoms with Crippen LogP contribution in [0.3, 0.4) is 0 Å². The lowest BCUT2D eigenvalue weighted by Crippen LogP contribution is -2.27. The Hall–Kier alpha value is -0.870. The monoisotopic (exact) mass is 198 g/mol. The fourth-order valence-corrected chi connectivity index (χ4v) is 1.61. The third kappa shape index (κ3) is 2.13. The molecular weight excluding hydrogens is 180 g/mol. The highest BCUT2D eigenvalue weighted by atomic mass is 16.5. The summed E-state index contributed by atoms with van der Waals surface area (Å²) in [6.45, 7) is 4.04. The molecule has 0 amide bonds. The lowest BCUT2D eigenvalue weighted by Gasteiger charge is -2.24. The Balaban J connectivity index is 2.83. The van der Waals surface area contributed by atoms with Gasteiger partial charge in [0.25, 0.3) is 0 Å². The minimum absolute atomic E-state index is 0.189. The second kappa shape index (κ2) is 4.57.